The van der Waals surface area contributed by atoms with E-state index < -0.39 is 0 Å². The van der Waals surface area contributed by atoms with Crippen LogP contribution in [-0.2, 0) is 28.4 Å². The fraction of sp³-hybridized carbons (Fsp3) is 0.613. The van der Waals surface area contributed by atoms with E-state index >= 15 is 0 Å². The van der Waals surface area contributed by atoms with E-state index in [4.69, 9.17) is 4.74 Å². The summed E-state index contributed by atoms with van der Waals surface area (Å²) in [7, 11) is 1.80. The highest BCUT2D eigenvalue weighted by molar-refractivity contribution is 5.97. The third kappa shape index (κ3) is 5.88. The summed E-state index contributed by atoms with van der Waals surface area (Å²) in [5.41, 5.74) is 2.73. The molecule has 0 radical (unpaired) electrons. The van der Waals surface area contributed by atoms with Gasteiger partial charge in [-0.3, -0.25) is 19.4 Å². The maximum absolute atomic E-state index is 14.0. The van der Waals surface area contributed by atoms with E-state index in [1.54, 1.807) is 23.7 Å². The number of anilines is 1. The van der Waals surface area contributed by atoms with Gasteiger partial charge >= 0.3 is 0 Å². The van der Waals surface area contributed by atoms with Crippen molar-refractivity contribution in [3.8, 4) is 0 Å². The van der Waals surface area contributed by atoms with E-state index in [1.165, 1.54) is 12.1 Å². The molecule has 9 heteroatoms. The summed E-state index contributed by atoms with van der Waals surface area (Å²) >= 11 is 0. The molecule has 1 aromatic heterocycles. The number of ether oxygens (including phenoxy) is 1. The number of carbonyl (C=O) groups excluding carboxylic acids is 1. The first-order valence-electron chi connectivity index (χ1n) is 14.5. The molecule has 4 heterocycles. The molecule has 1 amide bonds. The van der Waals surface area contributed by atoms with E-state index in [0.717, 1.165) is 49.7 Å². The topological polar surface area (TPSA) is 70.1 Å². The van der Waals surface area contributed by atoms with Gasteiger partial charge < -0.3 is 19.5 Å². The Morgan fingerprint density at radius 1 is 1.12 bits per heavy atom. The summed E-state index contributed by atoms with van der Waals surface area (Å²) in [4.78, 5) is 34.1. The highest BCUT2D eigenvalue weighted by Gasteiger charge is 2.42. The van der Waals surface area contributed by atoms with Crippen LogP contribution in [0.2, 0.25) is 0 Å². The monoisotopic (exact) mass is 553 g/mol. The molecule has 0 aliphatic carbocycles. The molecule has 1 aromatic carbocycles. The Hall–Kier alpha value is -2.59. The van der Waals surface area contributed by atoms with Crippen molar-refractivity contribution in [1.82, 2.24) is 19.7 Å². The summed E-state index contributed by atoms with van der Waals surface area (Å²) in [6.07, 6.45) is 0.594. The fourth-order valence-electron chi connectivity index (χ4n) is 6.68. The number of hydrogen-bond acceptors (Lipinski definition) is 6. The fourth-order valence-corrected chi connectivity index (χ4v) is 6.68. The zero-order valence-corrected chi connectivity index (χ0v) is 24.7. The van der Waals surface area contributed by atoms with Gasteiger partial charge in [0.15, 0.2) is 0 Å². The van der Waals surface area contributed by atoms with Crippen molar-refractivity contribution in [3.63, 3.8) is 0 Å². The van der Waals surface area contributed by atoms with Gasteiger partial charge in [0.25, 0.3) is 5.56 Å². The Labute approximate surface area is 237 Å². The minimum absolute atomic E-state index is 0.0562. The van der Waals surface area contributed by atoms with Crippen molar-refractivity contribution in [2.75, 3.05) is 50.8 Å². The molecule has 3 aliphatic heterocycles. The number of fused-ring (bicyclic) bond motifs is 1. The molecule has 0 unspecified atom stereocenters. The average molecular weight is 554 g/mol. The predicted octanol–water partition coefficient (Wildman–Crippen LogP) is 2.51. The largest absolute Gasteiger partial charge is 0.376 e. The number of aromatic nitrogens is 1. The molecule has 2 saturated heterocycles. The van der Waals surface area contributed by atoms with Gasteiger partial charge in [-0.1, -0.05) is 26.0 Å². The molecule has 2 fully saturated rings. The van der Waals surface area contributed by atoms with Crippen LogP contribution in [0.4, 0.5) is 10.1 Å². The third-order valence-electron chi connectivity index (χ3n) is 8.81. The first-order chi connectivity index (χ1) is 18.9. The Kier molecular flexibility index (Phi) is 8.21. The number of pyridine rings is 1. The zero-order chi connectivity index (χ0) is 28.8. The van der Waals surface area contributed by atoms with Gasteiger partial charge in [0.05, 0.1) is 30.6 Å². The van der Waals surface area contributed by atoms with Crippen molar-refractivity contribution < 1.29 is 13.9 Å². The van der Waals surface area contributed by atoms with E-state index in [0.29, 0.717) is 37.2 Å². The smallest absolute Gasteiger partial charge is 0.254 e. The second-order valence-corrected chi connectivity index (χ2v) is 12.8. The second-order valence-electron chi connectivity index (χ2n) is 12.8. The molecule has 40 heavy (non-hydrogen) atoms. The lowest BCUT2D eigenvalue weighted by molar-refractivity contribution is -0.121. The Balaban J connectivity index is 1.39. The number of morpholine rings is 1. The lowest BCUT2D eigenvalue weighted by atomic mass is 9.90. The molecule has 1 N–H and O–H groups in total. The van der Waals surface area contributed by atoms with Crippen molar-refractivity contribution in [2.45, 2.75) is 70.7 Å². The zero-order valence-electron chi connectivity index (χ0n) is 24.7. The number of halogens is 1. The summed E-state index contributed by atoms with van der Waals surface area (Å²) in [6, 6.07) is 8.99. The number of nitrogens with one attached hydrogen (secondary N) is 1. The van der Waals surface area contributed by atoms with Crippen molar-refractivity contribution >= 4 is 11.6 Å². The quantitative estimate of drug-likeness (QED) is 0.593. The molecule has 2 aromatic rings. The number of nitrogens with zero attached hydrogens (tertiary/aromatic N) is 4. The maximum atomic E-state index is 14.0. The molecule has 218 valence electrons. The van der Waals surface area contributed by atoms with Crippen LogP contribution in [-0.4, -0.2) is 90.4 Å². The molecule has 0 saturated carbocycles. The highest BCUT2D eigenvalue weighted by Crippen LogP contribution is 2.40. The molecular formula is C31H44FN5O3. The van der Waals surface area contributed by atoms with Crippen LogP contribution in [0.5, 0.6) is 0 Å². The van der Waals surface area contributed by atoms with E-state index in [-0.39, 0.29) is 34.8 Å². The van der Waals surface area contributed by atoms with Crippen molar-refractivity contribution in [3.05, 3.63) is 63.3 Å². The van der Waals surface area contributed by atoms with Crippen LogP contribution in [0, 0.1) is 5.82 Å². The molecular weight excluding hydrogens is 509 g/mol. The molecule has 0 spiro atoms. The lowest BCUT2D eigenvalue weighted by Gasteiger charge is -2.44. The summed E-state index contributed by atoms with van der Waals surface area (Å²) < 4.78 is 21.0. The predicted molar refractivity (Wildman–Crippen MR) is 156 cm³/mol. The van der Waals surface area contributed by atoms with Crippen molar-refractivity contribution in [2.24, 2.45) is 7.05 Å². The minimum Gasteiger partial charge on any atom is -0.376 e. The Morgan fingerprint density at radius 2 is 1.85 bits per heavy atom. The van der Waals surface area contributed by atoms with Gasteiger partial charge in [-0.2, -0.15) is 0 Å². The molecule has 8 nitrogen and oxygen atoms in total. The van der Waals surface area contributed by atoms with Crippen molar-refractivity contribution in [1.29, 1.82) is 0 Å². The Morgan fingerprint density at radius 3 is 2.58 bits per heavy atom. The van der Waals surface area contributed by atoms with Gasteiger partial charge in [-0.15, -0.1) is 0 Å². The van der Waals surface area contributed by atoms with Gasteiger partial charge in [0.1, 0.15) is 5.82 Å². The number of hydrogen-bond donors (Lipinski definition) is 1. The van der Waals surface area contributed by atoms with Gasteiger partial charge in [-0.05, 0) is 44.5 Å². The van der Waals surface area contributed by atoms with Crippen LogP contribution in [0.25, 0.3) is 0 Å². The number of piperazine rings is 1. The van der Waals surface area contributed by atoms with Crippen LogP contribution in [0.1, 0.15) is 51.4 Å². The van der Waals surface area contributed by atoms with Gasteiger partial charge in [0.2, 0.25) is 5.91 Å². The first kappa shape index (κ1) is 28.9. The molecule has 4 atom stereocenters. The average Bonchev–Trinajstić information content (AvgIpc) is 3.17. The molecule has 5 rings (SSSR count). The van der Waals surface area contributed by atoms with Crippen LogP contribution in [0.3, 0.4) is 0 Å². The SMILES string of the molecule is C[C@@H]1CN(CC(=O)N2CC(C)(C)c3c2cc(Cc2ccc(F)cc2)c(=O)n3C)[C@@H](CN2C[C@H](C)OC[C@H]2C)CN1. The van der Waals surface area contributed by atoms with E-state index in [9.17, 15) is 14.0 Å². The summed E-state index contributed by atoms with van der Waals surface area (Å²) in [5.74, 6) is -0.247. The van der Waals surface area contributed by atoms with Gasteiger partial charge in [0, 0.05) is 75.3 Å². The number of amides is 1. The minimum atomic E-state index is -0.358. The van der Waals surface area contributed by atoms with Crippen LogP contribution < -0.4 is 15.8 Å². The number of rotatable bonds is 6. The van der Waals surface area contributed by atoms with Crippen LogP contribution in [0.15, 0.2) is 35.1 Å². The first-order valence-corrected chi connectivity index (χ1v) is 14.5. The lowest BCUT2D eigenvalue weighted by Crippen LogP contribution is -2.62. The van der Waals surface area contributed by atoms with Crippen LogP contribution >= 0.6 is 0 Å². The summed E-state index contributed by atoms with van der Waals surface area (Å²) in [5, 5.41) is 3.61. The Bertz CT molecular complexity index is 1290. The number of benzene rings is 1. The second kappa shape index (κ2) is 11.4. The highest BCUT2D eigenvalue weighted by atomic mass is 19.1. The molecule has 3 aliphatic rings. The van der Waals surface area contributed by atoms with Gasteiger partial charge in [-0.25, -0.2) is 4.39 Å². The maximum Gasteiger partial charge on any atom is 0.254 e. The van der Waals surface area contributed by atoms with E-state index in [2.05, 4.69) is 49.7 Å². The standard InChI is InChI=1S/C31H44FN5O3/c1-20-14-36(26(13-33-20)16-35-15-22(3)40-18-21(35)2)17-28(38)37-19-31(4,5)29-27(37)12-24(30(39)34(29)6)11-23-7-9-25(32)10-8-23/h7-10,12,20-22,26,33H,11,13-19H2,1-6H3/t20-,21-,22+,26-/m1/s1. The normalized spacial score (nSPS) is 27.1. The third-order valence-corrected chi connectivity index (χ3v) is 8.81. The summed E-state index contributed by atoms with van der Waals surface area (Å²) in [6.45, 7) is 15.7. The molecule has 0 bridgehead atoms. The van der Waals surface area contributed by atoms with E-state index in [1.807, 2.05) is 11.0 Å². The number of carbonyl (C=O) groups is 1.